The maximum Gasteiger partial charge on any atom is 0.0377 e. The molecule has 0 spiro atoms. The summed E-state index contributed by atoms with van der Waals surface area (Å²) in [5.41, 5.74) is 2.91. The molecule has 0 aliphatic rings. The lowest BCUT2D eigenvalue weighted by molar-refractivity contribution is 1.05. The monoisotopic (exact) mass is 201 g/mol. The van der Waals surface area contributed by atoms with Gasteiger partial charge in [0.2, 0.25) is 0 Å². The Morgan fingerprint density at radius 1 is 1.20 bits per heavy atom. The van der Waals surface area contributed by atoms with Crippen molar-refractivity contribution < 1.29 is 0 Å². The molecule has 1 N–H and O–H groups in total. The molecule has 15 heavy (non-hydrogen) atoms. The number of hydrogen-bond acceptors (Lipinski definition) is 1. The minimum absolute atomic E-state index is 0.823. The van der Waals surface area contributed by atoms with Crippen molar-refractivity contribution in [3.8, 4) is 0 Å². The van der Waals surface area contributed by atoms with Crippen LogP contribution in [0.15, 0.2) is 73.2 Å². The van der Waals surface area contributed by atoms with E-state index in [1.807, 2.05) is 38.2 Å². The third kappa shape index (κ3) is 6.33. The summed E-state index contributed by atoms with van der Waals surface area (Å²) in [7, 11) is 0. The van der Waals surface area contributed by atoms with E-state index in [9.17, 15) is 0 Å². The van der Waals surface area contributed by atoms with Crippen LogP contribution in [0, 0.1) is 0 Å². The fourth-order valence-corrected chi connectivity index (χ4v) is 0.843. The Morgan fingerprint density at radius 2 is 1.87 bits per heavy atom. The molecule has 1 heteroatoms. The lowest BCUT2D eigenvalue weighted by Crippen LogP contribution is -2.07. The van der Waals surface area contributed by atoms with E-state index < -0.39 is 0 Å². The van der Waals surface area contributed by atoms with Crippen molar-refractivity contribution in [1.82, 2.24) is 5.32 Å². The molecule has 0 fully saturated rings. The zero-order valence-electron chi connectivity index (χ0n) is 9.59. The predicted octanol–water partition coefficient (Wildman–Crippen LogP) is 3.87. The zero-order valence-corrected chi connectivity index (χ0v) is 9.59. The lowest BCUT2D eigenvalue weighted by Gasteiger charge is -2.05. The Labute approximate surface area is 92.9 Å². The first-order valence-corrected chi connectivity index (χ1v) is 4.86. The van der Waals surface area contributed by atoms with E-state index in [1.165, 1.54) is 5.57 Å². The molecule has 0 aliphatic heterocycles. The molecule has 0 saturated heterocycles. The van der Waals surface area contributed by atoms with Gasteiger partial charge in [0.05, 0.1) is 0 Å². The van der Waals surface area contributed by atoms with Gasteiger partial charge in [-0.1, -0.05) is 43.5 Å². The highest BCUT2D eigenvalue weighted by Gasteiger charge is 1.89. The summed E-state index contributed by atoms with van der Waals surface area (Å²) in [5, 5.41) is 3.11. The highest BCUT2D eigenvalue weighted by Crippen LogP contribution is 2.00. The Hall–Kier alpha value is -1.76. The molecule has 0 aromatic carbocycles. The van der Waals surface area contributed by atoms with Gasteiger partial charge < -0.3 is 5.32 Å². The van der Waals surface area contributed by atoms with E-state index >= 15 is 0 Å². The Bertz CT molecular complexity index is 327. The van der Waals surface area contributed by atoms with E-state index in [4.69, 9.17) is 0 Å². The highest BCUT2D eigenvalue weighted by molar-refractivity contribution is 5.29. The lowest BCUT2D eigenvalue weighted by atomic mass is 10.2. The van der Waals surface area contributed by atoms with Crippen molar-refractivity contribution in [2.75, 3.05) is 0 Å². The van der Waals surface area contributed by atoms with Crippen molar-refractivity contribution in [3.05, 3.63) is 73.2 Å². The third-order valence-corrected chi connectivity index (χ3v) is 1.82. The van der Waals surface area contributed by atoms with Crippen LogP contribution in [0.3, 0.4) is 0 Å². The van der Waals surface area contributed by atoms with E-state index in [0.717, 1.165) is 11.4 Å². The molecule has 0 aliphatic carbocycles. The second kappa shape index (κ2) is 7.63. The van der Waals surface area contributed by atoms with Crippen LogP contribution in [0.25, 0.3) is 0 Å². The molecule has 0 aromatic heterocycles. The summed E-state index contributed by atoms with van der Waals surface area (Å²) >= 11 is 0. The molecule has 1 nitrogen and oxygen atoms in total. The average molecular weight is 201 g/mol. The minimum atomic E-state index is 0.823. The summed E-state index contributed by atoms with van der Waals surface area (Å²) in [4.78, 5) is 0. The van der Waals surface area contributed by atoms with Gasteiger partial charge in [0.25, 0.3) is 0 Å². The fraction of sp³-hybridized carbons (Fsp3) is 0.143. The van der Waals surface area contributed by atoms with Crippen LogP contribution in [-0.2, 0) is 0 Å². The molecule has 0 aromatic rings. The molecule has 0 atom stereocenters. The summed E-state index contributed by atoms with van der Waals surface area (Å²) < 4.78 is 0. The van der Waals surface area contributed by atoms with Gasteiger partial charge in [0.1, 0.15) is 0 Å². The van der Waals surface area contributed by atoms with Gasteiger partial charge in [-0.25, -0.2) is 0 Å². The van der Waals surface area contributed by atoms with E-state index in [1.54, 1.807) is 12.2 Å². The predicted molar refractivity (Wildman–Crippen MR) is 69.3 cm³/mol. The molecule has 0 heterocycles. The number of allylic oxidation sites excluding steroid dienone is 7. The molecule has 80 valence electrons. The van der Waals surface area contributed by atoms with Crippen molar-refractivity contribution in [3.63, 3.8) is 0 Å². The summed E-state index contributed by atoms with van der Waals surface area (Å²) in [6.07, 6.45) is 11.2. The van der Waals surface area contributed by atoms with Crippen LogP contribution in [0.1, 0.15) is 13.8 Å². The van der Waals surface area contributed by atoms with Gasteiger partial charge in [-0.3, -0.25) is 0 Å². The summed E-state index contributed by atoms with van der Waals surface area (Å²) in [5.74, 6) is 0. The van der Waals surface area contributed by atoms with Crippen LogP contribution in [0.4, 0.5) is 0 Å². The fourth-order valence-electron chi connectivity index (χ4n) is 0.843. The Morgan fingerprint density at radius 3 is 2.33 bits per heavy atom. The van der Waals surface area contributed by atoms with Crippen LogP contribution in [0.2, 0.25) is 0 Å². The molecular weight excluding hydrogens is 182 g/mol. The highest BCUT2D eigenvalue weighted by atomic mass is 14.9. The van der Waals surface area contributed by atoms with Gasteiger partial charge in [0, 0.05) is 11.4 Å². The maximum atomic E-state index is 3.88. The third-order valence-electron chi connectivity index (χ3n) is 1.82. The van der Waals surface area contributed by atoms with Gasteiger partial charge in [-0.05, 0) is 32.1 Å². The standard InChI is InChI=1S/C14H19N/c1-6-9-14(8-3)15-13(5)11-10-12(4)7-2/h6-11,15H,1,3,5H2,2,4H3/b11-10-,12-7-,14-9+. The second-order valence-electron chi connectivity index (χ2n) is 3.08. The second-order valence-corrected chi connectivity index (χ2v) is 3.08. The van der Waals surface area contributed by atoms with Crippen LogP contribution in [-0.4, -0.2) is 0 Å². The Kier molecular flexibility index (Phi) is 6.73. The van der Waals surface area contributed by atoms with Gasteiger partial charge >= 0.3 is 0 Å². The van der Waals surface area contributed by atoms with Gasteiger partial charge in [-0.2, -0.15) is 0 Å². The van der Waals surface area contributed by atoms with E-state index in [2.05, 4.69) is 25.1 Å². The van der Waals surface area contributed by atoms with Crippen molar-refractivity contribution >= 4 is 0 Å². The molecule has 0 radical (unpaired) electrons. The SMILES string of the molecule is C=C/C=C(\C=C)NC(=C)/C=C\C(C)=C/C. The van der Waals surface area contributed by atoms with Gasteiger partial charge in [0.15, 0.2) is 0 Å². The molecule has 0 amide bonds. The van der Waals surface area contributed by atoms with Crippen LogP contribution in [0.5, 0.6) is 0 Å². The van der Waals surface area contributed by atoms with Crippen molar-refractivity contribution in [1.29, 1.82) is 0 Å². The number of hydrogen-bond donors (Lipinski definition) is 1. The zero-order chi connectivity index (χ0) is 11.7. The summed E-state index contributed by atoms with van der Waals surface area (Å²) in [6, 6.07) is 0. The van der Waals surface area contributed by atoms with Crippen molar-refractivity contribution in [2.45, 2.75) is 13.8 Å². The van der Waals surface area contributed by atoms with Crippen molar-refractivity contribution in [2.24, 2.45) is 0 Å². The summed E-state index contributed by atoms with van der Waals surface area (Å²) in [6.45, 7) is 15.2. The first-order chi connectivity index (χ1) is 7.13. The van der Waals surface area contributed by atoms with E-state index in [0.29, 0.717) is 0 Å². The average Bonchev–Trinajstić information content (AvgIpc) is 2.25. The smallest absolute Gasteiger partial charge is 0.0377 e. The van der Waals surface area contributed by atoms with E-state index in [-0.39, 0.29) is 0 Å². The minimum Gasteiger partial charge on any atom is -0.356 e. The molecule has 0 unspecified atom stereocenters. The van der Waals surface area contributed by atoms with Gasteiger partial charge in [-0.15, -0.1) is 0 Å². The Balaban J connectivity index is 4.37. The number of rotatable bonds is 6. The molecule has 0 bridgehead atoms. The largest absolute Gasteiger partial charge is 0.356 e. The molecule has 0 rings (SSSR count). The first kappa shape index (κ1) is 13.2. The normalized spacial score (nSPS) is 12.7. The maximum absolute atomic E-state index is 3.88. The molecule has 0 saturated carbocycles. The quantitative estimate of drug-likeness (QED) is 0.643. The first-order valence-electron chi connectivity index (χ1n) is 4.86. The van der Waals surface area contributed by atoms with Crippen LogP contribution < -0.4 is 5.32 Å². The molecular formula is C14H19N. The topological polar surface area (TPSA) is 12.0 Å². The number of nitrogens with one attached hydrogen (secondary N) is 1. The van der Waals surface area contributed by atoms with Crippen LogP contribution >= 0.6 is 0 Å².